The van der Waals surface area contributed by atoms with E-state index in [0.29, 0.717) is 6.42 Å². The zero-order valence-corrected chi connectivity index (χ0v) is 23.1. The van der Waals surface area contributed by atoms with Gasteiger partial charge in [-0.1, -0.05) is 95.0 Å². The number of unbranched alkanes of at least 4 members (excludes halogenated alkanes) is 13. The van der Waals surface area contributed by atoms with Crippen molar-refractivity contribution < 1.29 is 39.2 Å². The molecule has 0 radical (unpaired) electrons. The first-order chi connectivity index (χ1) is 16.0. The van der Waals surface area contributed by atoms with Gasteiger partial charge in [0.2, 0.25) is 5.78 Å². The Morgan fingerprint density at radius 3 is 1.50 bits per heavy atom. The Hall–Kier alpha value is -0.470. The second-order valence-electron chi connectivity index (χ2n) is 10.2. The highest BCUT2D eigenvalue weighted by molar-refractivity contribution is 7.39. The molecule has 3 unspecified atom stereocenters. The third-order valence-electron chi connectivity index (χ3n) is 5.85. The van der Waals surface area contributed by atoms with Gasteiger partial charge in [0, 0.05) is 6.42 Å². The molecule has 0 aromatic heterocycles. The molecule has 0 bridgehead atoms. The van der Waals surface area contributed by atoms with E-state index in [9.17, 15) is 24.5 Å². The van der Waals surface area contributed by atoms with Crippen molar-refractivity contribution in [3.63, 3.8) is 0 Å². The first kappa shape index (κ1) is 35.7. The normalized spacial score (nSPS) is 14.7. The number of quaternary nitrogens is 1. The number of ketones is 1. The monoisotopic (exact) mass is 510 g/mol. The zero-order chi connectivity index (χ0) is 26.5. The first-order valence-electron chi connectivity index (χ1n) is 13.1. The van der Waals surface area contributed by atoms with Crippen LogP contribution in [0.5, 0.6) is 0 Å². The van der Waals surface area contributed by atoms with Gasteiger partial charge in [-0.05, 0) is 6.42 Å². The standard InChI is InChI=1S/C20H39O6P.C5H14NO/c1-2-3-4-5-6-7-8-9-10-11-12-13-14-15-16-18(22)20(24,27(25)26)19(23)17-21;1-6(2,3)4-5-7/h19,21,23-24H,2-17H2,1H3;7H,4-5H2,1-3H3/q;+1. The van der Waals surface area contributed by atoms with Gasteiger partial charge < -0.3 is 29.8 Å². The van der Waals surface area contributed by atoms with Crippen molar-refractivity contribution in [1.29, 1.82) is 0 Å². The Balaban J connectivity index is 0. The minimum absolute atomic E-state index is 0.116. The van der Waals surface area contributed by atoms with Crippen LogP contribution in [0.2, 0.25) is 0 Å². The highest BCUT2D eigenvalue weighted by Crippen LogP contribution is 2.35. The smallest absolute Gasteiger partial charge is 0.355 e. The van der Waals surface area contributed by atoms with Gasteiger partial charge in [-0.15, -0.1) is 0 Å². The highest BCUT2D eigenvalue weighted by atomic mass is 31.1. The number of aliphatic hydroxyl groups excluding tert-OH is 3. The molecule has 9 heteroatoms. The lowest BCUT2D eigenvalue weighted by molar-refractivity contribution is -0.870. The van der Waals surface area contributed by atoms with Crippen molar-refractivity contribution in [2.24, 2.45) is 0 Å². The zero-order valence-electron chi connectivity index (χ0n) is 22.2. The number of likely N-dealkylation sites (N-methyl/N-ethyl adjacent to an activating group) is 1. The molecule has 0 saturated heterocycles. The van der Waals surface area contributed by atoms with E-state index in [4.69, 9.17) is 10.2 Å². The summed E-state index contributed by atoms with van der Waals surface area (Å²) in [6, 6.07) is 0. The largest absolute Gasteiger partial charge is 0.593 e. The molecule has 0 aliphatic rings. The number of hydrogen-bond donors (Lipinski definition) is 4. The summed E-state index contributed by atoms with van der Waals surface area (Å²) in [5.41, 5.74) is 0. The fraction of sp³-hybridized carbons (Fsp3) is 0.960. The summed E-state index contributed by atoms with van der Waals surface area (Å²) in [4.78, 5) is 23.0. The quantitative estimate of drug-likeness (QED) is 0.106. The first-order valence-corrected chi connectivity index (χ1v) is 14.3. The molecular formula is C25H53NO7P+. The number of rotatable bonds is 21. The summed E-state index contributed by atoms with van der Waals surface area (Å²) in [6.07, 6.45) is 14.2. The van der Waals surface area contributed by atoms with Gasteiger partial charge in [-0.2, -0.15) is 0 Å². The van der Waals surface area contributed by atoms with Crippen molar-refractivity contribution in [3.05, 3.63) is 0 Å². The van der Waals surface area contributed by atoms with Gasteiger partial charge in [-0.3, -0.25) is 4.79 Å². The summed E-state index contributed by atoms with van der Waals surface area (Å²) in [5.74, 6) is -0.945. The molecule has 0 aromatic rings. The van der Waals surface area contributed by atoms with E-state index < -0.39 is 31.9 Å². The van der Waals surface area contributed by atoms with Crippen molar-refractivity contribution >= 4 is 13.8 Å². The predicted molar refractivity (Wildman–Crippen MR) is 136 cm³/mol. The maximum atomic E-state index is 11.9. The third-order valence-corrected chi connectivity index (χ3v) is 6.96. The Kier molecular flexibility index (Phi) is 22.9. The Labute approximate surface area is 208 Å². The average Bonchev–Trinajstić information content (AvgIpc) is 2.77. The van der Waals surface area contributed by atoms with Gasteiger partial charge in [0.15, 0.2) is 6.10 Å². The van der Waals surface area contributed by atoms with Crippen molar-refractivity contribution in [3.8, 4) is 0 Å². The van der Waals surface area contributed by atoms with E-state index >= 15 is 0 Å². The Morgan fingerprint density at radius 2 is 1.24 bits per heavy atom. The van der Waals surface area contributed by atoms with Gasteiger partial charge >= 0.3 is 13.4 Å². The molecule has 0 amide bonds. The maximum Gasteiger partial charge on any atom is 0.355 e. The number of carbonyl (C=O) groups excluding carboxylic acids is 1. The molecule has 0 spiro atoms. The molecule has 34 heavy (non-hydrogen) atoms. The van der Waals surface area contributed by atoms with Crippen LogP contribution >= 0.6 is 8.03 Å². The van der Waals surface area contributed by atoms with E-state index in [1.165, 1.54) is 64.2 Å². The average molecular weight is 511 g/mol. The molecule has 0 aromatic carbocycles. The fourth-order valence-corrected chi connectivity index (χ4v) is 4.14. The molecule has 0 fully saturated rings. The Morgan fingerprint density at radius 1 is 0.853 bits per heavy atom. The summed E-state index contributed by atoms with van der Waals surface area (Å²) < 4.78 is 11.9. The second-order valence-corrected chi connectivity index (χ2v) is 11.4. The van der Waals surface area contributed by atoms with Gasteiger partial charge in [0.1, 0.15) is 6.54 Å². The minimum Gasteiger partial charge on any atom is -0.593 e. The lowest BCUT2D eigenvalue weighted by Gasteiger charge is -2.21. The van der Waals surface area contributed by atoms with Crippen LogP contribution < -0.4 is 4.89 Å². The topological polar surface area (TPSA) is 138 Å². The molecule has 0 aliphatic carbocycles. The number of Topliss-reactive ketones (excluding diaryl/α,β-unsaturated/α-hetero) is 1. The SMILES string of the molecule is CCCCCCCCCCCCCCCCC(=O)C(O)(C(O)CO)[P+](=O)[O-].C[N+](C)(C)CCO. The lowest BCUT2D eigenvalue weighted by atomic mass is 10.0. The van der Waals surface area contributed by atoms with Crippen molar-refractivity contribution in [1.82, 2.24) is 0 Å². The predicted octanol–water partition coefficient (Wildman–Crippen LogP) is 3.26. The van der Waals surface area contributed by atoms with Crippen LogP contribution in [0.15, 0.2) is 0 Å². The molecule has 204 valence electrons. The fourth-order valence-electron chi connectivity index (χ4n) is 3.50. The maximum absolute atomic E-state index is 11.9. The van der Waals surface area contributed by atoms with Crippen LogP contribution in [-0.2, 0) is 9.36 Å². The number of hydrogen-bond acceptors (Lipinski definition) is 7. The van der Waals surface area contributed by atoms with Gasteiger partial charge in [0.25, 0.3) is 0 Å². The molecule has 3 atom stereocenters. The van der Waals surface area contributed by atoms with Gasteiger partial charge in [0.05, 0.1) is 34.4 Å². The molecule has 8 nitrogen and oxygen atoms in total. The molecule has 0 saturated carbocycles. The second kappa shape index (κ2) is 21.8. The Bertz CT molecular complexity index is 514. The van der Waals surface area contributed by atoms with E-state index in [-0.39, 0.29) is 13.0 Å². The van der Waals surface area contributed by atoms with E-state index in [2.05, 4.69) is 28.1 Å². The summed E-state index contributed by atoms with van der Waals surface area (Å²) in [6.45, 7) is 2.36. The van der Waals surface area contributed by atoms with Crippen LogP contribution in [0.4, 0.5) is 0 Å². The summed E-state index contributed by atoms with van der Waals surface area (Å²) >= 11 is 0. The van der Waals surface area contributed by atoms with E-state index in [0.717, 1.165) is 30.3 Å². The van der Waals surface area contributed by atoms with Crippen molar-refractivity contribution in [2.75, 3.05) is 40.9 Å². The molecule has 0 rings (SSSR count). The minimum atomic E-state index is -3.58. The van der Waals surface area contributed by atoms with Crippen LogP contribution in [0.3, 0.4) is 0 Å². The number of nitrogens with zero attached hydrogens (tertiary/aromatic N) is 1. The summed E-state index contributed by atoms with van der Waals surface area (Å²) in [7, 11) is 2.58. The van der Waals surface area contributed by atoms with Crippen molar-refractivity contribution in [2.45, 2.75) is 115 Å². The highest BCUT2D eigenvalue weighted by Gasteiger charge is 2.54. The van der Waals surface area contributed by atoms with Crippen LogP contribution in [0, 0.1) is 0 Å². The van der Waals surface area contributed by atoms with E-state index in [1.807, 2.05) is 0 Å². The molecule has 4 N–H and O–H groups in total. The van der Waals surface area contributed by atoms with E-state index in [1.54, 1.807) is 0 Å². The van der Waals surface area contributed by atoms with Crippen LogP contribution in [-0.4, -0.2) is 83.0 Å². The van der Waals surface area contributed by atoms with Crippen LogP contribution in [0.25, 0.3) is 0 Å². The molecule has 0 aliphatic heterocycles. The third kappa shape index (κ3) is 18.8. The molecule has 0 heterocycles. The van der Waals surface area contributed by atoms with Gasteiger partial charge in [-0.25, -0.2) is 0 Å². The number of aliphatic hydroxyl groups is 4. The lowest BCUT2D eigenvalue weighted by Crippen LogP contribution is -2.50. The molecular weight excluding hydrogens is 457 g/mol. The summed E-state index contributed by atoms with van der Waals surface area (Å²) in [5, 5.41) is 33.6. The number of carbonyl (C=O) groups is 1. The van der Waals surface area contributed by atoms with Crippen LogP contribution in [0.1, 0.15) is 103 Å².